The van der Waals surface area contributed by atoms with Gasteiger partial charge in [0.15, 0.2) is 11.6 Å². The van der Waals surface area contributed by atoms with E-state index in [1.165, 1.54) is 0 Å². The second kappa shape index (κ2) is 5.30. The lowest BCUT2D eigenvalue weighted by molar-refractivity contribution is 0.393. The third-order valence-electron chi connectivity index (χ3n) is 3.45. The molecule has 2 aromatic heterocycles. The summed E-state index contributed by atoms with van der Waals surface area (Å²) in [6.45, 7) is 4.08. The van der Waals surface area contributed by atoms with E-state index in [0.717, 1.165) is 48.2 Å². The van der Waals surface area contributed by atoms with Gasteiger partial charge in [0.05, 0.1) is 13.2 Å². The molecule has 0 fully saturated rings. The lowest BCUT2D eigenvalue weighted by Crippen LogP contribution is -2.33. The number of rotatable bonds is 4. The standard InChI is InChI=1S/C13H18N4OS/c1-3-4-9-12-15-16-13(17(12)7-6-14-9)11-10(18-2)5-8-19-11/h5,8-9,14H,3-4,6-7H2,1-2H3. The molecule has 3 rings (SSSR count). The Morgan fingerprint density at radius 3 is 3.21 bits per heavy atom. The molecule has 0 spiro atoms. The van der Waals surface area contributed by atoms with Gasteiger partial charge in [-0.3, -0.25) is 0 Å². The van der Waals surface area contributed by atoms with Gasteiger partial charge in [0.25, 0.3) is 0 Å². The molecule has 0 saturated carbocycles. The van der Waals surface area contributed by atoms with Gasteiger partial charge in [0.2, 0.25) is 0 Å². The molecule has 102 valence electrons. The van der Waals surface area contributed by atoms with Gasteiger partial charge < -0.3 is 14.6 Å². The molecule has 6 heteroatoms. The molecule has 0 bridgehead atoms. The van der Waals surface area contributed by atoms with E-state index in [9.17, 15) is 0 Å². The van der Waals surface area contributed by atoms with Crippen molar-refractivity contribution in [3.8, 4) is 16.5 Å². The van der Waals surface area contributed by atoms with Crippen LogP contribution in [-0.4, -0.2) is 28.4 Å². The Kier molecular flexibility index (Phi) is 3.52. The molecule has 0 aromatic carbocycles. The molecule has 1 atom stereocenters. The van der Waals surface area contributed by atoms with Crippen LogP contribution in [0.2, 0.25) is 0 Å². The molecule has 5 nitrogen and oxygen atoms in total. The van der Waals surface area contributed by atoms with Crippen LogP contribution in [-0.2, 0) is 6.54 Å². The summed E-state index contributed by atoms with van der Waals surface area (Å²) in [6, 6.07) is 2.30. The number of aromatic nitrogens is 3. The monoisotopic (exact) mass is 278 g/mol. The van der Waals surface area contributed by atoms with E-state index in [2.05, 4.69) is 27.0 Å². The summed E-state index contributed by atoms with van der Waals surface area (Å²) in [5, 5.41) is 14.3. The fourth-order valence-electron chi connectivity index (χ4n) is 2.54. The van der Waals surface area contributed by atoms with E-state index in [0.29, 0.717) is 6.04 Å². The SMILES string of the molecule is CCCC1NCCn2c(-c3sccc3OC)nnc21. The van der Waals surface area contributed by atoms with Crippen molar-refractivity contribution in [1.29, 1.82) is 0 Å². The number of ether oxygens (including phenoxy) is 1. The van der Waals surface area contributed by atoms with Gasteiger partial charge >= 0.3 is 0 Å². The summed E-state index contributed by atoms with van der Waals surface area (Å²) in [4.78, 5) is 1.07. The molecule has 2 aromatic rings. The van der Waals surface area contributed by atoms with Crippen LogP contribution in [0.4, 0.5) is 0 Å². The van der Waals surface area contributed by atoms with Gasteiger partial charge in [-0.1, -0.05) is 13.3 Å². The number of hydrogen-bond donors (Lipinski definition) is 1. The average Bonchev–Trinajstić information content (AvgIpc) is 3.04. The second-order valence-electron chi connectivity index (χ2n) is 4.65. The van der Waals surface area contributed by atoms with Crippen molar-refractivity contribution in [2.24, 2.45) is 0 Å². The summed E-state index contributed by atoms with van der Waals surface area (Å²) < 4.78 is 7.62. The van der Waals surface area contributed by atoms with Gasteiger partial charge in [-0.05, 0) is 17.9 Å². The molecular formula is C13H18N4OS. The first-order chi connectivity index (χ1) is 9.35. The van der Waals surface area contributed by atoms with Crippen LogP contribution in [0.25, 0.3) is 10.7 Å². The van der Waals surface area contributed by atoms with Crippen molar-refractivity contribution in [2.75, 3.05) is 13.7 Å². The van der Waals surface area contributed by atoms with Crippen molar-refractivity contribution in [1.82, 2.24) is 20.1 Å². The second-order valence-corrected chi connectivity index (χ2v) is 5.56. The van der Waals surface area contributed by atoms with Crippen LogP contribution >= 0.6 is 11.3 Å². The van der Waals surface area contributed by atoms with Crippen LogP contribution in [0.5, 0.6) is 5.75 Å². The minimum atomic E-state index is 0.325. The summed E-state index contributed by atoms with van der Waals surface area (Å²) in [6.07, 6.45) is 2.24. The van der Waals surface area contributed by atoms with Crippen molar-refractivity contribution in [3.63, 3.8) is 0 Å². The Morgan fingerprint density at radius 2 is 2.42 bits per heavy atom. The summed E-state index contributed by atoms with van der Waals surface area (Å²) in [5.41, 5.74) is 0. The van der Waals surface area contributed by atoms with Gasteiger partial charge in [0, 0.05) is 13.1 Å². The molecule has 1 aliphatic heterocycles. The highest BCUT2D eigenvalue weighted by Crippen LogP contribution is 2.36. The van der Waals surface area contributed by atoms with Crippen molar-refractivity contribution in [3.05, 3.63) is 17.3 Å². The molecular weight excluding hydrogens is 260 g/mol. The lowest BCUT2D eigenvalue weighted by Gasteiger charge is -2.24. The highest BCUT2D eigenvalue weighted by atomic mass is 32.1. The molecule has 19 heavy (non-hydrogen) atoms. The third-order valence-corrected chi connectivity index (χ3v) is 4.34. The predicted octanol–water partition coefficient (Wildman–Crippen LogP) is 2.46. The predicted molar refractivity (Wildman–Crippen MR) is 75.5 cm³/mol. The van der Waals surface area contributed by atoms with E-state index in [1.807, 2.05) is 11.4 Å². The zero-order valence-electron chi connectivity index (χ0n) is 11.2. The Bertz CT molecular complexity index is 563. The normalized spacial score (nSPS) is 18.3. The summed E-state index contributed by atoms with van der Waals surface area (Å²) in [7, 11) is 1.69. The van der Waals surface area contributed by atoms with E-state index in [4.69, 9.17) is 4.74 Å². The number of hydrogen-bond acceptors (Lipinski definition) is 5. The Labute approximate surface area is 116 Å². The first-order valence-corrected chi connectivity index (χ1v) is 7.51. The molecule has 0 amide bonds. The van der Waals surface area contributed by atoms with Crippen LogP contribution in [0.3, 0.4) is 0 Å². The fourth-order valence-corrected chi connectivity index (χ4v) is 3.40. The van der Waals surface area contributed by atoms with Crippen molar-refractivity contribution < 1.29 is 4.74 Å². The molecule has 1 aliphatic rings. The Balaban J connectivity index is 2.01. The number of methoxy groups -OCH3 is 1. The van der Waals surface area contributed by atoms with Crippen LogP contribution in [0.15, 0.2) is 11.4 Å². The smallest absolute Gasteiger partial charge is 0.177 e. The van der Waals surface area contributed by atoms with Crippen molar-refractivity contribution in [2.45, 2.75) is 32.4 Å². The molecule has 0 aliphatic carbocycles. The van der Waals surface area contributed by atoms with Gasteiger partial charge in [-0.25, -0.2) is 0 Å². The van der Waals surface area contributed by atoms with Gasteiger partial charge in [0.1, 0.15) is 10.6 Å². The van der Waals surface area contributed by atoms with Gasteiger partial charge in [-0.2, -0.15) is 0 Å². The Morgan fingerprint density at radius 1 is 1.53 bits per heavy atom. The molecule has 3 heterocycles. The fraction of sp³-hybridized carbons (Fsp3) is 0.538. The van der Waals surface area contributed by atoms with Crippen molar-refractivity contribution >= 4 is 11.3 Å². The van der Waals surface area contributed by atoms with E-state index in [1.54, 1.807) is 18.4 Å². The maximum absolute atomic E-state index is 5.39. The molecule has 1 unspecified atom stereocenters. The Hall–Kier alpha value is -1.40. The summed E-state index contributed by atoms with van der Waals surface area (Å²) in [5.74, 6) is 2.87. The third kappa shape index (κ3) is 2.15. The number of fused-ring (bicyclic) bond motifs is 1. The first kappa shape index (κ1) is 12.6. The highest BCUT2D eigenvalue weighted by Gasteiger charge is 2.26. The van der Waals surface area contributed by atoms with Crippen LogP contribution in [0, 0.1) is 0 Å². The first-order valence-electron chi connectivity index (χ1n) is 6.63. The molecule has 0 saturated heterocycles. The zero-order chi connectivity index (χ0) is 13.2. The molecule has 1 N–H and O–H groups in total. The largest absolute Gasteiger partial charge is 0.495 e. The maximum Gasteiger partial charge on any atom is 0.177 e. The quantitative estimate of drug-likeness (QED) is 0.933. The highest BCUT2D eigenvalue weighted by molar-refractivity contribution is 7.13. The van der Waals surface area contributed by atoms with Crippen LogP contribution < -0.4 is 10.1 Å². The topological polar surface area (TPSA) is 52.0 Å². The zero-order valence-corrected chi connectivity index (χ0v) is 12.0. The average molecular weight is 278 g/mol. The molecule has 0 radical (unpaired) electrons. The minimum Gasteiger partial charge on any atom is -0.495 e. The van der Waals surface area contributed by atoms with E-state index < -0.39 is 0 Å². The van der Waals surface area contributed by atoms with E-state index in [-0.39, 0.29) is 0 Å². The summed E-state index contributed by atoms with van der Waals surface area (Å²) >= 11 is 1.65. The number of nitrogens with zero attached hydrogens (tertiary/aromatic N) is 3. The van der Waals surface area contributed by atoms with Gasteiger partial charge in [-0.15, -0.1) is 21.5 Å². The maximum atomic E-state index is 5.39. The van der Waals surface area contributed by atoms with Crippen LogP contribution in [0.1, 0.15) is 31.6 Å². The van der Waals surface area contributed by atoms with E-state index >= 15 is 0 Å². The lowest BCUT2D eigenvalue weighted by atomic mass is 10.1. The number of nitrogens with one attached hydrogen (secondary N) is 1. The minimum absolute atomic E-state index is 0.325. The number of thiophene rings is 1.